The Labute approximate surface area is 208 Å². The maximum absolute atomic E-state index is 12.2. The summed E-state index contributed by atoms with van der Waals surface area (Å²) in [6.07, 6.45) is 10.6. The number of phenols is 1. The van der Waals surface area contributed by atoms with Crippen LogP contribution in [0, 0.1) is 0 Å². The van der Waals surface area contributed by atoms with Crippen molar-refractivity contribution in [2.24, 2.45) is 0 Å². The summed E-state index contributed by atoms with van der Waals surface area (Å²) in [7, 11) is 1.49. The number of fused-ring (bicyclic) bond motifs is 1. The van der Waals surface area contributed by atoms with Gasteiger partial charge in [0.1, 0.15) is 23.2 Å². The molecule has 1 aromatic carbocycles. The highest BCUT2D eigenvalue weighted by molar-refractivity contribution is 15.0. The lowest BCUT2D eigenvalue weighted by Crippen LogP contribution is -2.40. The monoisotopic (exact) mass is 658 g/mol. The van der Waals surface area contributed by atoms with E-state index in [2.05, 4.69) is 44.2 Å². The van der Waals surface area contributed by atoms with Crippen molar-refractivity contribution in [2.45, 2.75) is 95.2 Å². The number of halogens is 2. The molecule has 2 fully saturated rings. The van der Waals surface area contributed by atoms with Crippen LogP contribution in [0.25, 0.3) is 0 Å². The van der Waals surface area contributed by atoms with E-state index >= 15 is 0 Å². The Bertz CT molecular complexity index is 754. The fourth-order valence-corrected chi connectivity index (χ4v) is 5.00. The van der Waals surface area contributed by atoms with E-state index in [0.29, 0.717) is 23.5 Å². The third-order valence-electron chi connectivity index (χ3n) is 6.44. The third-order valence-corrected chi connectivity index (χ3v) is 6.44. The Kier molecular flexibility index (Phi) is 9.54. The Balaban J connectivity index is 0.00000132. The molecule has 1 aromatic rings. The first-order valence-corrected chi connectivity index (χ1v) is 17.4. The number of aromatic hydroxyl groups is 1. The summed E-state index contributed by atoms with van der Waals surface area (Å²) in [5.74, 6) is -0.214. The molecule has 2 saturated heterocycles. The summed E-state index contributed by atoms with van der Waals surface area (Å²) < 4.78 is 23.2. The van der Waals surface area contributed by atoms with E-state index in [1.54, 1.807) is 6.07 Å². The van der Waals surface area contributed by atoms with Crippen molar-refractivity contribution in [3.05, 3.63) is 23.3 Å². The Hall–Kier alpha value is -0.330. The maximum atomic E-state index is 12.2. The molecule has 0 bridgehead atoms. The van der Waals surface area contributed by atoms with Crippen LogP contribution in [0.5, 0.6) is 11.5 Å². The number of benzene rings is 1. The van der Waals surface area contributed by atoms with Crippen molar-refractivity contribution in [1.82, 2.24) is 0 Å². The van der Waals surface area contributed by atoms with E-state index in [1.165, 1.54) is 19.6 Å². The molecule has 3 aliphatic rings. The molecule has 0 radical (unpaired) electrons. The minimum absolute atomic E-state index is 0.0933. The molecule has 1 N–H and O–H groups in total. The predicted molar refractivity (Wildman–Crippen MR) is 135 cm³/mol. The van der Waals surface area contributed by atoms with Crippen LogP contribution in [-0.2, 0) is 14.2 Å². The number of ether oxygens (including phenoxy) is 4. The molecule has 3 heterocycles. The SMILES string of the molecule is COc1cc(O)cc2c1C(=O)OC2CCCCCC1CCCC2(CCC(C)O2)O1.II. The van der Waals surface area contributed by atoms with Crippen molar-refractivity contribution < 1.29 is 28.8 Å². The zero-order chi connectivity index (χ0) is 22.4. The number of rotatable bonds is 7. The first-order valence-electron chi connectivity index (χ1n) is 11.1. The maximum Gasteiger partial charge on any atom is 0.342 e. The third kappa shape index (κ3) is 6.17. The number of esters is 1. The van der Waals surface area contributed by atoms with Gasteiger partial charge in [-0.25, -0.2) is 4.79 Å². The summed E-state index contributed by atoms with van der Waals surface area (Å²) in [5.41, 5.74) is 1.18. The van der Waals surface area contributed by atoms with Crippen LogP contribution in [0.15, 0.2) is 12.1 Å². The van der Waals surface area contributed by atoms with Crippen molar-refractivity contribution in [3.8, 4) is 11.5 Å². The van der Waals surface area contributed by atoms with Gasteiger partial charge in [0.05, 0.1) is 19.3 Å². The smallest absolute Gasteiger partial charge is 0.342 e. The van der Waals surface area contributed by atoms with Crippen molar-refractivity contribution in [3.63, 3.8) is 0 Å². The van der Waals surface area contributed by atoms with Crippen molar-refractivity contribution >= 4 is 43.2 Å². The average molecular weight is 658 g/mol. The van der Waals surface area contributed by atoms with Gasteiger partial charge in [-0.05, 0) is 51.5 Å². The minimum atomic E-state index is -0.367. The lowest BCUT2D eigenvalue weighted by Gasteiger charge is -2.38. The molecular formula is C23H32I2O6. The van der Waals surface area contributed by atoms with E-state index in [4.69, 9.17) is 18.9 Å². The second-order valence-corrected chi connectivity index (χ2v) is 8.65. The van der Waals surface area contributed by atoms with E-state index in [1.807, 2.05) is 0 Å². The molecule has 4 unspecified atom stereocenters. The molecule has 8 heteroatoms. The number of carbonyl (C=O) groups excluding carboxylic acids is 1. The minimum Gasteiger partial charge on any atom is -0.508 e. The number of hydrogen-bond acceptors (Lipinski definition) is 6. The van der Waals surface area contributed by atoms with Gasteiger partial charge in [-0.15, -0.1) is 0 Å². The first kappa shape index (κ1) is 25.3. The normalized spacial score (nSPS) is 29.3. The highest BCUT2D eigenvalue weighted by atomic mass is 128. The summed E-state index contributed by atoms with van der Waals surface area (Å²) in [6.45, 7) is 2.13. The van der Waals surface area contributed by atoms with Crippen LogP contribution in [0.3, 0.4) is 0 Å². The molecule has 6 nitrogen and oxygen atoms in total. The van der Waals surface area contributed by atoms with E-state index in [9.17, 15) is 9.90 Å². The highest BCUT2D eigenvalue weighted by Gasteiger charge is 2.43. The van der Waals surface area contributed by atoms with Gasteiger partial charge in [0.2, 0.25) is 0 Å². The van der Waals surface area contributed by atoms with Crippen LogP contribution in [-0.4, -0.2) is 36.2 Å². The molecule has 4 rings (SSSR count). The van der Waals surface area contributed by atoms with E-state index < -0.39 is 0 Å². The Morgan fingerprint density at radius 1 is 1.13 bits per heavy atom. The molecular weight excluding hydrogens is 626 g/mol. The summed E-state index contributed by atoms with van der Waals surface area (Å²) in [5, 5.41) is 9.90. The molecule has 3 aliphatic heterocycles. The quantitative estimate of drug-likeness (QED) is 0.198. The van der Waals surface area contributed by atoms with Gasteiger partial charge in [0.25, 0.3) is 0 Å². The largest absolute Gasteiger partial charge is 0.508 e. The number of hydrogen-bond donors (Lipinski definition) is 1. The second-order valence-electron chi connectivity index (χ2n) is 8.65. The van der Waals surface area contributed by atoms with Gasteiger partial charge >= 0.3 is 5.97 Å². The van der Waals surface area contributed by atoms with Gasteiger partial charge in [0, 0.05) is 61.7 Å². The van der Waals surface area contributed by atoms with Gasteiger partial charge in [-0.2, -0.15) is 0 Å². The fraction of sp³-hybridized carbons (Fsp3) is 0.696. The summed E-state index contributed by atoms with van der Waals surface area (Å²) >= 11 is 4.24. The van der Waals surface area contributed by atoms with E-state index in [0.717, 1.165) is 63.4 Å². The van der Waals surface area contributed by atoms with Gasteiger partial charge < -0.3 is 24.1 Å². The average Bonchev–Trinajstić information content (AvgIpc) is 3.28. The zero-order valence-corrected chi connectivity index (χ0v) is 22.5. The molecule has 0 saturated carbocycles. The first-order chi connectivity index (χ1) is 15.0. The molecule has 31 heavy (non-hydrogen) atoms. The Morgan fingerprint density at radius 3 is 2.61 bits per heavy atom. The topological polar surface area (TPSA) is 74.2 Å². The van der Waals surface area contributed by atoms with Crippen molar-refractivity contribution in [2.75, 3.05) is 7.11 Å². The van der Waals surface area contributed by atoms with Gasteiger partial charge in [-0.1, -0.05) is 12.8 Å². The highest BCUT2D eigenvalue weighted by Crippen LogP contribution is 2.43. The van der Waals surface area contributed by atoms with Gasteiger partial charge in [-0.3, -0.25) is 0 Å². The molecule has 0 amide bonds. The molecule has 174 valence electrons. The van der Waals surface area contributed by atoms with Crippen LogP contribution in [0.1, 0.15) is 93.2 Å². The Morgan fingerprint density at radius 2 is 1.90 bits per heavy atom. The van der Waals surface area contributed by atoms with Crippen LogP contribution in [0.2, 0.25) is 0 Å². The molecule has 1 spiro atoms. The zero-order valence-electron chi connectivity index (χ0n) is 18.2. The predicted octanol–water partition coefficient (Wildman–Crippen LogP) is 6.80. The number of carbonyl (C=O) groups is 1. The lowest BCUT2D eigenvalue weighted by molar-refractivity contribution is -0.269. The molecule has 0 aliphatic carbocycles. The van der Waals surface area contributed by atoms with Gasteiger partial charge in [0.15, 0.2) is 5.79 Å². The lowest BCUT2D eigenvalue weighted by atomic mass is 9.95. The van der Waals surface area contributed by atoms with E-state index in [-0.39, 0.29) is 23.6 Å². The standard InChI is InChI=1S/C23H32O6.I2/c1-15-10-12-23(28-15)11-6-8-17(29-23)7-4-3-5-9-19-18-13-16(24)14-20(26-2)21(18)22(25)27-19;1-2/h13-15,17,19,24H,3-12H2,1-2H3;. The van der Waals surface area contributed by atoms with Crippen molar-refractivity contribution in [1.29, 1.82) is 0 Å². The number of unbranched alkanes of at least 4 members (excludes halogenated alkanes) is 2. The van der Waals surface area contributed by atoms with Crippen LogP contribution < -0.4 is 4.74 Å². The molecule has 0 aromatic heterocycles. The second kappa shape index (κ2) is 11.7. The number of methoxy groups -OCH3 is 1. The summed E-state index contributed by atoms with van der Waals surface area (Å²) in [6, 6.07) is 3.07. The molecule has 4 atom stereocenters. The summed E-state index contributed by atoms with van der Waals surface area (Å²) in [4.78, 5) is 12.2. The van der Waals surface area contributed by atoms with Crippen LogP contribution >= 0.6 is 37.2 Å². The van der Waals surface area contributed by atoms with Crippen LogP contribution in [0.4, 0.5) is 0 Å². The number of phenolic OH excluding ortho intramolecular Hbond substituents is 1. The number of cyclic esters (lactones) is 1. The fourth-order valence-electron chi connectivity index (χ4n) is 5.00.